The maximum Gasteiger partial charge on any atom is 0.287 e. The van der Waals surface area contributed by atoms with E-state index in [9.17, 15) is 4.79 Å². The molecular weight excluding hydrogens is 346 g/mol. The third-order valence-corrected chi connectivity index (χ3v) is 6.09. The van der Waals surface area contributed by atoms with Crippen molar-refractivity contribution in [2.24, 2.45) is 0 Å². The molecule has 0 saturated carbocycles. The summed E-state index contributed by atoms with van der Waals surface area (Å²) in [5.74, 6) is 0.925. The van der Waals surface area contributed by atoms with Crippen LogP contribution in [0, 0.1) is 0 Å². The van der Waals surface area contributed by atoms with Crippen molar-refractivity contribution < 1.29 is 9.21 Å². The number of fused-ring (bicyclic) bond motifs is 2. The van der Waals surface area contributed by atoms with Crippen molar-refractivity contribution in [1.29, 1.82) is 0 Å². The molecule has 2 aromatic heterocycles. The first-order valence-corrected chi connectivity index (χ1v) is 9.81. The molecule has 3 unspecified atom stereocenters. The summed E-state index contributed by atoms with van der Waals surface area (Å²) in [6, 6.07) is 12.8. The molecule has 3 aromatic rings. The first-order chi connectivity index (χ1) is 12.8. The summed E-state index contributed by atoms with van der Waals surface area (Å²) in [6.07, 6.45) is 5.17. The van der Waals surface area contributed by atoms with E-state index in [-0.39, 0.29) is 11.9 Å². The number of hydrogen-bond acceptors (Lipinski definition) is 5. The minimum atomic E-state index is -0.133. The Hall–Kier alpha value is -2.44. The molecule has 2 N–H and O–H groups in total. The number of hydrogen-bond donors (Lipinski definition) is 2. The van der Waals surface area contributed by atoms with Crippen molar-refractivity contribution >= 4 is 17.2 Å². The van der Waals surface area contributed by atoms with Gasteiger partial charge in [0.25, 0.3) is 5.91 Å². The second-order valence-corrected chi connectivity index (χ2v) is 7.84. The first-order valence-electron chi connectivity index (χ1n) is 8.93. The van der Waals surface area contributed by atoms with Crippen molar-refractivity contribution in [3.05, 3.63) is 53.7 Å². The predicted octanol–water partition coefficient (Wildman–Crippen LogP) is 3.69. The van der Waals surface area contributed by atoms with Crippen LogP contribution in [0.2, 0.25) is 0 Å². The molecule has 0 radical (unpaired) electrons. The lowest BCUT2D eigenvalue weighted by Gasteiger charge is -2.20. The molecular formula is C20H19N3O2S. The van der Waals surface area contributed by atoms with E-state index >= 15 is 0 Å². The number of amides is 1. The fraction of sp³-hybridized carbons (Fsp3) is 0.300. The summed E-state index contributed by atoms with van der Waals surface area (Å²) < 4.78 is 5.84. The highest BCUT2D eigenvalue weighted by Gasteiger charge is 2.39. The van der Waals surface area contributed by atoms with Gasteiger partial charge in [0.2, 0.25) is 0 Å². The normalized spacial score (nSPS) is 24.1. The van der Waals surface area contributed by atoms with E-state index in [4.69, 9.17) is 4.42 Å². The number of furan rings is 1. The van der Waals surface area contributed by atoms with Gasteiger partial charge in [0, 0.05) is 40.8 Å². The number of carbonyl (C=O) groups is 1. The van der Waals surface area contributed by atoms with Crippen molar-refractivity contribution in [2.75, 3.05) is 0 Å². The maximum absolute atomic E-state index is 12.5. The van der Waals surface area contributed by atoms with Crippen molar-refractivity contribution in [3.8, 4) is 21.9 Å². The Kier molecular flexibility index (Phi) is 3.87. The van der Waals surface area contributed by atoms with Gasteiger partial charge in [0.05, 0.1) is 0 Å². The molecule has 4 heterocycles. The lowest BCUT2D eigenvalue weighted by Crippen LogP contribution is -2.42. The Bertz CT molecular complexity index is 934. The van der Waals surface area contributed by atoms with E-state index < -0.39 is 0 Å². The van der Waals surface area contributed by atoms with Crippen LogP contribution in [-0.4, -0.2) is 29.0 Å². The van der Waals surface area contributed by atoms with Gasteiger partial charge in [0.15, 0.2) is 5.76 Å². The summed E-state index contributed by atoms with van der Waals surface area (Å²) in [5.41, 5.74) is 1.99. The van der Waals surface area contributed by atoms with E-state index in [0.717, 1.165) is 29.0 Å². The Balaban J connectivity index is 1.34. The minimum Gasteiger partial charge on any atom is -0.451 e. The van der Waals surface area contributed by atoms with Gasteiger partial charge in [-0.1, -0.05) is 18.2 Å². The van der Waals surface area contributed by atoms with Crippen LogP contribution in [0.4, 0.5) is 0 Å². The van der Waals surface area contributed by atoms with Crippen LogP contribution in [0.25, 0.3) is 21.9 Å². The quantitative estimate of drug-likeness (QED) is 0.740. The standard InChI is InChI=1S/C20H19N3O2S/c24-19(23-16-11-14-4-5-15(16)22-14)18-7-6-17(25-18)12-2-1-3-13(10-12)20-21-8-9-26-20/h1-3,6-10,14-16,22H,4-5,11H2,(H,23,24). The van der Waals surface area contributed by atoms with E-state index in [2.05, 4.69) is 15.6 Å². The Morgan fingerprint density at radius 2 is 2.15 bits per heavy atom. The fourth-order valence-corrected chi connectivity index (χ4v) is 4.65. The topological polar surface area (TPSA) is 67.2 Å². The number of thiazole rings is 1. The molecule has 2 bridgehead atoms. The summed E-state index contributed by atoms with van der Waals surface area (Å²) in [7, 11) is 0. The highest BCUT2D eigenvalue weighted by atomic mass is 32.1. The molecule has 2 fully saturated rings. The van der Waals surface area contributed by atoms with Crippen molar-refractivity contribution in [1.82, 2.24) is 15.6 Å². The van der Waals surface area contributed by atoms with E-state index in [0.29, 0.717) is 23.6 Å². The average molecular weight is 365 g/mol. The molecule has 5 rings (SSSR count). The van der Waals surface area contributed by atoms with E-state index in [1.165, 1.54) is 6.42 Å². The Morgan fingerprint density at radius 1 is 1.23 bits per heavy atom. The zero-order valence-corrected chi connectivity index (χ0v) is 15.0. The highest BCUT2D eigenvalue weighted by molar-refractivity contribution is 7.13. The van der Waals surface area contributed by atoms with Crippen LogP contribution in [-0.2, 0) is 0 Å². The Labute approximate surface area is 155 Å². The molecule has 2 aliphatic heterocycles. The minimum absolute atomic E-state index is 0.133. The van der Waals surface area contributed by atoms with Crippen LogP contribution in [0.5, 0.6) is 0 Å². The molecule has 3 atom stereocenters. The predicted molar refractivity (Wildman–Crippen MR) is 101 cm³/mol. The van der Waals surface area contributed by atoms with Crippen LogP contribution >= 0.6 is 11.3 Å². The lowest BCUT2D eigenvalue weighted by molar-refractivity contribution is 0.0903. The van der Waals surface area contributed by atoms with Gasteiger partial charge >= 0.3 is 0 Å². The maximum atomic E-state index is 12.5. The van der Waals surface area contributed by atoms with Crippen molar-refractivity contribution in [3.63, 3.8) is 0 Å². The average Bonchev–Trinajstić information content (AvgIpc) is 3.46. The lowest BCUT2D eigenvalue weighted by atomic mass is 9.95. The van der Waals surface area contributed by atoms with Gasteiger partial charge in [-0.15, -0.1) is 11.3 Å². The molecule has 1 amide bonds. The number of benzene rings is 1. The van der Waals surface area contributed by atoms with Crippen LogP contribution < -0.4 is 10.6 Å². The van der Waals surface area contributed by atoms with E-state index in [1.54, 1.807) is 23.6 Å². The molecule has 1 aromatic carbocycles. The summed E-state index contributed by atoms with van der Waals surface area (Å²) in [6.45, 7) is 0. The third kappa shape index (κ3) is 2.85. The number of nitrogens with one attached hydrogen (secondary N) is 2. The molecule has 2 saturated heterocycles. The zero-order chi connectivity index (χ0) is 17.5. The zero-order valence-electron chi connectivity index (χ0n) is 14.1. The number of rotatable bonds is 4. The molecule has 132 valence electrons. The largest absolute Gasteiger partial charge is 0.451 e. The second-order valence-electron chi connectivity index (χ2n) is 6.95. The number of carbonyl (C=O) groups excluding carboxylic acids is 1. The molecule has 0 spiro atoms. The van der Waals surface area contributed by atoms with Crippen molar-refractivity contribution in [2.45, 2.75) is 37.4 Å². The van der Waals surface area contributed by atoms with Gasteiger partial charge in [-0.3, -0.25) is 4.79 Å². The van der Waals surface area contributed by atoms with Gasteiger partial charge in [-0.2, -0.15) is 0 Å². The highest BCUT2D eigenvalue weighted by Crippen LogP contribution is 2.30. The fourth-order valence-electron chi connectivity index (χ4n) is 4.01. The third-order valence-electron chi connectivity index (χ3n) is 5.27. The second kappa shape index (κ2) is 6.37. The smallest absolute Gasteiger partial charge is 0.287 e. The van der Waals surface area contributed by atoms with E-state index in [1.807, 2.05) is 35.7 Å². The molecule has 0 aliphatic carbocycles. The summed E-state index contributed by atoms with van der Waals surface area (Å²) in [4.78, 5) is 16.9. The number of aromatic nitrogens is 1. The van der Waals surface area contributed by atoms with Gasteiger partial charge in [0.1, 0.15) is 10.8 Å². The summed E-state index contributed by atoms with van der Waals surface area (Å²) >= 11 is 1.60. The molecule has 6 heteroatoms. The monoisotopic (exact) mass is 365 g/mol. The van der Waals surface area contributed by atoms with Gasteiger partial charge in [-0.05, 0) is 37.5 Å². The summed E-state index contributed by atoms with van der Waals surface area (Å²) in [5, 5.41) is 9.59. The SMILES string of the molecule is O=C(NC1CC2CCC1N2)c1ccc(-c2cccc(-c3nccs3)c2)o1. The Morgan fingerprint density at radius 3 is 2.92 bits per heavy atom. The molecule has 2 aliphatic rings. The molecule has 26 heavy (non-hydrogen) atoms. The first kappa shape index (κ1) is 15.8. The number of nitrogens with zero attached hydrogens (tertiary/aromatic N) is 1. The molecule has 5 nitrogen and oxygen atoms in total. The van der Waals surface area contributed by atoms with Gasteiger partial charge in [-0.25, -0.2) is 4.98 Å². The van der Waals surface area contributed by atoms with Gasteiger partial charge < -0.3 is 15.1 Å². The van der Waals surface area contributed by atoms with Crippen LogP contribution in [0.1, 0.15) is 29.8 Å². The van der Waals surface area contributed by atoms with Crippen LogP contribution in [0.15, 0.2) is 52.4 Å². The van der Waals surface area contributed by atoms with Crippen LogP contribution in [0.3, 0.4) is 0 Å².